The molecule has 45 heavy (non-hydrogen) atoms. The number of carbonyl (C=O) groups is 5. The Morgan fingerprint density at radius 2 is 1.80 bits per heavy atom. The summed E-state index contributed by atoms with van der Waals surface area (Å²) in [7, 11) is 1.53. The summed E-state index contributed by atoms with van der Waals surface area (Å²) in [6, 6.07) is 11.2. The van der Waals surface area contributed by atoms with Gasteiger partial charge in [0.1, 0.15) is 17.3 Å². The SMILES string of the molecule is CCN1CCN(C(=O)C2CCC(=O)N2c2ccc(C#CC[C@]3(CN4Cc5ccc(OC)cc5C4=O)NC(=O)NC3=O)cc2)CC1. The van der Waals surface area contributed by atoms with Crippen molar-refractivity contribution in [3.8, 4) is 17.6 Å². The molecule has 2 N–H and O–H groups in total. The second kappa shape index (κ2) is 12.2. The zero-order valence-corrected chi connectivity index (χ0v) is 25.4. The Kier molecular flexibility index (Phi) is 8.20. The van der Waals surface area contributed by atoms with Crippen molar-refractivity contribution in [1.82, 2.24) is 25.3 Å². The summed E-state index contributed by atoms with van der Waals surface area (Å²) in [5.74, 6) is 5.72. The van der Waals surface area contributed by atoms with Crippen molar-refractivity contribution in [1.29, 1.82) is 0 Å². The van der Waals surface area contributed by atoms with E-state index in [4.69, 9.17) is 4.74 Å². The zero-order chi connectivity index (χ0) is 31.7. The highest BCUT2D eigenvalue weighted by Gasteiger charge is 2.48. The molecule has 0 spiro atoms. The average Bonchev–Trinajstić information content (AvgIpc) is 3.68. The van der Waals surface area contributed by atoms with E-state index in [2.05, 4.69) is 34.3 Å². The van der Waals surface area contributed by atoms with Crippen molar-refractivity contribution >= 4 is 35.3 Å². The van der Waals surface area contributed by atoms with E-state index >= 15 is 0 Å². The Balaban J connectivity index is 1.14. The van der Waals surface area contributed by atoms with E-state index in [1.807, 2.05) is 11.0 Å². The van der Waals surface area contributed by atoms with Gasteiger partial charge in [0.25, 0.3) is 11.8 Å². The molecular weight excluding hydrogens is 576 g/mol. The first-order valence-corrected chi connectivity index (χ1v) is 15.2. The van der Waals surface area contributed by atoms with Crippen LogP contribution >= 0.6 is 0 Å². The van der Waals surface area contributed by atoms with Crippen LogP contribution in [0.4, 0.5) is 10.5 Å². The third kappa shape index (κ3) is 5.83. The third-order valence-corrected chi connectivity index (χ3v) is 9.07. The number of amides is 6. The zero-order valence-electron chi connectivity index (χ0n) is 25.4. The molecule has 6 amide bonds. The van der Waals surface area contributed by atoms with Gasteiger partial charge in [-0.25, -0.2) is 4.79 Å². The van der Waals surface area contributed by atoms with Crippen LogP contribution in [0, 0.1) is 11.8 Å². The smallest absolute Gasteiger partial charge is 0.322 e. The van der Waals surface area contributed by atoms with Crippen LogP contribution in [0.2, 0.25) is 0 Å². The van der Waals surface area contributed by atoms with Gasteiger partial charge in [0.05, 0.1) is 13.7 Å². The number of anilines is 1. The van der Waals surface area contributed by atoms with Gasteiger partial charge in [0.2, 0.25) is 11.8 Å². The number of fused-ring (bicyclic) bond motifs is 1. The van der Waals surface area contributed by atoms with E-state index in [0.29, 0.717) is 55.0 Å². The summed E-state index contributed by atoms with van der Waals surface area (Å²) in [5.41, 5.74) is 1.17. The number of urea groups is 1. The van der Waals surface area contributed by atoms with E-state index in [1.54, 1.807) is 41.3 Å². The quantitative estimate of drug-likeness (QED) is 0.356. The number of rotatable bonds is 7. The van der Waals surface area contributed by atoms with Gasteiger partial charge in [0.15, 0.2) is 0 Å². The Labute approximate surface area is 261 Å². The molecule has 234 valence electrons. The maximum absolute atomic E-state index is 13.4. The lowest BCUT2D eigenvalue weighted by Crippen LogP contribution is -2.55. The molecule has 3 fully saturated rings. The normalized spacial score (nSPS) is 23.1. The van der Waals surface area contributed by atoms with E-state index in [0.717, 1.165) is 25.2 Å². The predicted molar refractivity (Wildman–Crippen MR) is 164 cm³/mol. The Hall–Kier alpha value is -4.89. The van der Waals surface area contributed by atoms with E-state index in [-0.39, 0.29) is 30.7 Å². The van der Waals surface area contributed by atoms with Gasteiger partial charge in [-0.3, -0.25) is 29.4 Å². The molecule has 12 heteroatoms. The molecule has 0 saturated carbocycles. The molecule has 0 aromatic heterocycles. The van der Waals surface area contributed by atoms with Gasteiger partial charge in [-0.2, -0.15) is 0 Å². The molecule has 0 bridgehead atoms. The molecule has 12 nitrogen and oxygen atoms in total. The van der Waals surface area contributed by atoms with Crippen molar-refractivity contribution in [2.45, 2.75) is 44.3 Å². The summed E-state index contributed by atoms with van der Waals surface area (Å²) in [5, 5.41) is 4.98. The molecule has 1 unspecified atom stereocenters. The number of methoxy groups -OCH3 is 1. The van der Waals surface area contributed by atoms with Crippen molar-refractivity contribution in [2.75, 3.05) is 51.3 Å². The molecule has 4 aliphatic rings. The van der Waals surface area contributed by atoms with Crippen LogP contribution in [-0.4, -0.2) is 102 Å². The number of nitrogens with zero attached hydrogens (tertiary/aromatic N) is 4. The number of carbonyl (C=O) groups excluding carboxylic acids is 5. The lowest BCUT2D eigenvalue weighted by atomic mass is 9.94. The van der Waals surface area contributed by atoms with Crippen LogP contribution in [0.25, 0.3) is 0 Å². The van der Waals surface area contributed by atoms with Crippen LogP contribution < -0.4 is 20.3 Å². The molecule has 3 saturated heterocycles. The minimum Gasteiger partial charge on any atom is -0.497 e. The Bertz CT molecular complexity index is 1610. The van der Waals surface area contributed by atoms with Crippen LogP contribution in [0.15, 0.2) is 42.5 Å². The summed E-state index contributed by atoms with van der Waals surface area (Å²) in [6.07, 6.45) is 0.782. The number of benzene rings is 2. The summed E-state index contributed by atoms with van der Waals surface area (Å²) < 4.78 is 5.24. The van der Waals surface area contributed by atoms with Gasteiger partial charge in [0, 0.05) is 62.4 Å². The van der Waals surface area contributed by atoms with Crippen LogP contribution in [0.1, 0.15) is 47.7 Å². The molecular formula is C33H36N6O6. The third-order valence-electron chi connectivity index (χ3n) is 9.07. The molecule has 2 atom stereocenters. The van der Waals surface area contributed by atoms with Gasteiger partial charge in [-0.05, 0) is 54.9 Å². The number of likely N-dealkylation sites (N-methyl/N-ethyl adjacent to an activating group) is 1. The Morgan fingerprint density at radius 3 is 2.47 bits per heavy atom. The molecule has 0 aliphatic carbocycles. The first kappa shape index (κ1) is 30.1. The molecule has 4 aliphatic heterocycles. The van der Waals surface area contributed by atoms with E-state index < -0.39 is 23.5 Å². The van der Waals surface area contributed by atoms with Gasteiger partial charge in [-0.1, -0.05) is 24.8 Å². The van der Waals surface area contributed by atoms with Gasteiger partial charge >= 0.3 is 6.03 Å². The maximum atomic E-state index is 13.4. The monoisotopic (exact) mass is 612 g/mol. The second-order valence-electron chi connectivity index (χ2n) is 11.8. The number of hydrogen-bond donors (Lipinski definition) is 2. The fraction of sp³-hybridized carbons (Fsp3) is 0.424. The average molecular weight is 613 g/mol. The van der Waals surface area contributed by atoms with Gasteiger partial charge in [-0.15, -0.1) is 0 Å². The summed E-state index contributed by atoms with van der Waals surface area (Å²) in [4.78, 5) is 71.8. The molecule has 2 aromatic carbocycles. The maximum Gasteiger partial charge on any atom is 0.322 e. The standard InChI is InChI=1S/C33H36N6O6/c1-3-36-15-17-37(18-16-36)30(42)27-12-13-28(40)39(27)24-9-6-22(7-10-24)5-4-14-33(31(43)34-32(44)35-33)21-38-20-23-8-11-25(45-2)19-26(23)29(38)41/h6-11,19,27H,3,12-18,20-21H2,1-2H3,(H2,34,35,43,44)/t27?,33-/m1/s1. The molecule has 0 radical (unpaired) electrons. The number of imide groups is 1. The van der Waals surface area contributed by atoms with Crippen molar-refractivity contribution in [3.05, 3.63) is 59.2 Å². The minimum absolute atomic E-state index is 0.0126. The minimum atomic E-state index is -1.41. The van der Waals surface area contributed by atoms with E-state index in [1.165, 1.54) is 12.0 Å². The van der Waals surface area contributed by atoms with Crippen LogP contribution in [0.3, 0.4) is 0 Å². The lowest BCUT2D eigenvalue weighted by Gasteiger charge is -2.36. The van der Waals surface area contributed by atoms with Crippen molar-refractivity contribution in [3.63, 3.8) is 0 Å². The van der Waals surface area contributed by atoms with Gasteiger partial charge < -0.3 is 24.8 Å². The van der Waals surface area contributed by atoms with Crippen LogP contribution in [0.5, 0.6) is 5.75 Å². The number of piperazine rings is 1. The number of hydrogen-bond acceptors (Lipinski definition) is 7. The van der Waals surface area contributed by atoms with Crippen LogP contribution in [-0.2, 0) is 20.9 Å². The highest BCUT2D eigenvalue weighted by atomic mass is 16.5. The first-order valence-electron chi connectivity index (χ1n) is 15.2. The fourth-order valence-corrected chi connectivity index (χ4v) is 6.48. The second-order valence-corrected chi connectivity index (χ2v) is 11.8. The number of ether oxygens (including phenoxy) is 1. The topological polar surface area (TPSA) is 132 Å². The lowest BCUT2D eigenvalue weighted by molar-refractivity contribution is -0.134. The summed E-state index contributed by atoms with van der Waals surface area (Å²) >= 11 is 0. The molecule has 4 heterocycles. The highest BCUT2D eigenvalue weighted by molar-refractivity contribution is 6.08. The van der Waals surface area contributed by atoms with Crippen molar-refractivity contribution in [2.24, 2.45) is 0 Å². The largest absolute Gasteiger partial charge is 0.497 e. The Morgan fingerprint density at radius 1 is 1.04 bits per heavy atom. The summed E-state index contributed by atoms with van der Waals surface area (Å²) in [6.45, 7) is 6.30. The fourth-order valence-electron chi connectivity index (χ4n) is 6.48. The predicted octanol–water partition coefficient (Wildman–Crippen LogP) is 1.33. The molecule has 6 rings (SSSR count). The number of nitrogens with one attached hydrogen (secondary N) is 2. The highest BCUT2D eigenvalue weighted by Crippen LogP contribution is 2.30. The van der Waals surface area contributed by atoms with Crippen molar-refractivity contribution < 1.29 is 28.7 Å². The van der Waals surface area contributed by atoms with E-state index in [9.17, 15) is 24.0 Å². The molecule has 2 aromatic rings. The first-order chi connectivity index (χ1) is 21.7.